The number of hydrogen-bond acceptors (Lipinski definition) is 4. The number of nitrogens with two attached hydrogens (primary N) is 1. The summed E-state index contributed by atoms with van der Waals surface area (Å²) in [6, 6.07) is 4.01. The van der Waals surface area contributed by atoms with Crippen LogP contribution in [0.4, 0.5) is 5.95 Å². The zero-order chi connectivity index (χ0) is 13.4. The molecule has 5 nitrogen and oxygen atoms in total. The van der Waals surface area contributed by atoms with Gasteiger partial charge in [-0.1, -0.05) is 24.9 Å². The molecule has 0 spiro atoms. The highest BCUT2D eigenvalue weighted by Crippen LogP contribution is 2.22. The largest absolute Gasteiger partial charge is 0.339 e. The molecule has 6 heteroatoms. The van der Waals surface area contributed by atoms with Gasteiger partial charge < -0.3 is 10.6 Å². The SMILES string of the molecule is CCC1CN(c2nc3ccc(Cl)cn3n2)CCC1N. The molecule has 1 fully saturated rings. The van der Waals surface area contributed by atoms with Crippen molar-refractivity contribution in [2.45, 2.75) is 25.8 Å². The van der Waals surface area contributed by atoms with Crippen LogP contribution in [-0.2, 0) is 0 Å². The number of aromatic nitrogens is 3. The molecule has 1 saturated heterocycles. The molecule has 2 N–H and O–H groups in total. The van der Waals surface area contributed by atoms with E-state index in [1.54, 1.807) is 10.7 Å². The maximum atomic E-state index is 6.13. The van der Waals surface area contributed by atoms with Gasteiger partial charge in [0.1, 0.15) is 0 Å². The van der Waals surface area contributed by atoms with Crippen LogP contribution in [0.5, 0.6) is 0 Å². The van der Waals surface area contributed by atoms with Gasteiger partial charge in [-0.15, -0.1) is 5.10 Å². The zero-order valence-corrected chi connectivity index (χ0v) is 11.7. The summed E-state index contributed by atoms with van der Waals surface area (Å²) in [7, 11) is 0. The number of nitrogens with zero attached hydrogens (tertiary/aromatic N) is 4. The Balaban J connectivity index is 1.87. The van der Waals surface area contributed by atoms with Gasteiger partial charge in [0, 0.05) is 25.3 Å². The molecule has 3 heterocycles. The Morgan fingerprint density at radius 2 is 2.32 bits per heavy atom. The van der Waals surface area contributed by atoms with E-state index >= 15 is 0 Å². The Bertz CT molecular complexity index is 581. The molecule has 102 valence electrons. The van der Waals surface area contributed by atoms with E-state index in [0.29, 0.717) is 17.0 Å². The lowest BCUT2D eigenvalue weighted by molar-refractivity contribution is 0.345. The summed E-state index contributed by atoms with van der Waals surface area (Å²) < 4.78 is 1.73. The molecular weight excluding hydrogens is 262 g/mol. The van der Waals surface area contributed by atoms with Gasteiger partial charge >= 0.3 is 0 Å². The predicted octanol–water partition coefficient (Wildman–Crippen LogP) is 1.95. The van der Waals surface area contributed by atoms with Crippen molar-refractivity contribution in [3.05, 3.63) is 23.4 Å². The number of pyridine rings is 1. The summed E-state index contributed by atoms with van der Waals surface area (Å²) in [6.07, 6.45) is 3.87. The molecule has 2 aromatic heterocycles. The average Bonchev–Trinajstić information content (AvgIpc) is 2.82. The van der Waals surface area contributed by atoms with Crippen molar-refractivity contribution in [3.63, 3.8) is 0 Å². The van der Waals surface area contributed by atoms with Crippen LogP contribution in [0.15, 0.2) is 18.3 Å². The fourth-order valence-corrected chi connectivity index (χ4v) is 2.80. The smallest absolute Gasteiger partial charge is 0.245 e. The van der Waals surface area contributed by atoms with Crippen LogP contribution >= 0.6 is 11.6 Å². The van der Waals surface area contributed by atoms with Gasteiger partial charge in [0.2, 0.25) is 5.95 Å². The summed E-state index contributed by atoms with van der Waals surface area (Å²) in [5.74, 6) is 1.29. The van der Waals surface area contributed by atoms with Crippen molar-refractivity contribution in [1.29, 1.82) is 0 Å². The van der Waals surface area contributed by atoms with Crippen LogP contribution in [0, 0.1) is 5.92 Å². The molecular formula is C13H18ClN5. The second kappa shape index (κ2) is 4.98. The lowest BCUT2D eigenvalue weighted by Gasteiger charge is -2.35. The Labute approximate surface area is 117 Å². The van der Waals surface area contributed by atoms with Crippen LogP contribution < -0.4 is 10.6 Å². The first-order valence-electron chi connectivity index (χ1n) is 6.70. The fourth-order valence-electron chi connectivity index (χ4n) is 2.64. The molecule has 0 aliphatic carbocycles. The lowest BCUT2D eigenvalue weighted by Crippen LogP contribution is -2.47. The first-order chi connectivity index (χ1) is 9.17. The van der Waals surface area contributed by atoms with E-state index in [2.05, 4.69) is 21.9 Å². The van der Waals surface area contributed by atoms with Crippen molar-refractivity contribution in [2.24, 2.45) is 11.7 Å². The quantitative estimate of drug-likeness (QED) is 0.913. The first-order valence-corrected chi connectivity index (χ1v) is 7.07. The summed E-state index contributed by atoms with van der Waals surface area (Å²) in [5.41, 5.74) is 6.96. The molecule has 0 radical (unpaired) electrons. The molecule has 19 heavy (non-hydrogen) atoms. The van der Waals surface area contributed by atoms with Crippen molar-refractivity contribution >= 4 is 23.2 Å². The minimum atomic E-state index is 0.299. The molecule has 0 bridgehead atoms. The van der Waals surface area contributed by atoms with E-state index in [0.717, 1.165) is 37.5 Å². The molecule has 0 saturated carbocycles. The first kappa shape index (κ1) is 12.7. The van der Waals surface area contributed by atoms with Crippen molar-refractivity contribution in [1.82, 2.24) is 14.6 Å². The third-order valence-corrected chi connectivity index (χ3v) is 4.11. The van der Waals surface area contributed by atoms with E-state index < -0.39 is 0 Å². The third-order valence-electron chi connectivity index (χ3n) is 3.88. The molecule has 0 aromatic carbocycles. The molecule has 1 aliphatic heterocycles. The summed E-state index contributed by atoms with van der Waals surface area (Å²) in [5, 5.41) is 5.16. The Morgan fingerprint density at radius 3 is 3.11 bits per heavy atom. The number of rotatable bonds is 2. The van der Waals surface area contributed by atoms with Gasteiger partial charge in [-0.3, -0.25) is 0 Å². The second-order valence-corrected chi connectivity index (χ2v) is 5.57. The van der Waals surface area contributed by atoms with Gasteiger partial charge in [-0.2, -0.15) is 4.98 Å². The van der Waals surface area contributed by atoms with Gasteiger partial charge in [-0.05, 0) is 24.5 Å². The monoisotopic (exact) mass is 279 g/mol. The molecule has 3 rings (SSSR count). The predicted molar refractivity (Wildman–Crippen MR) is 76.6 cm³/mol. The normalized spacial score (nSPS) is 24.1. The Morgan fingerprint density at radius 1 is 1.47 bits per heavy atom. The Kier molecular flexibility index (Phi) is 3.33. The van der Waals surface area contributed by atoms with Crippen LogP contribution in [-0.4, -0.2) is 33.7 Å². The van der Waals surface area contributed by atoms with E-state index in [-0.39, 0.29) is 0 Å². The summed E-state index contributed by atoms with van der Waals surface area (Å²) in [6.45, 7) is 4.04. The number of anilines is 1. The molecule has 2 aromatic rings. The Hall–Kier alpha value is -1.33. The molecule has 0 amide bonds. The van der Waals surface area contributed by atoms with Crippen molar-refractivity contribution in [3.8, 4) is 0 Å². The molecule has 2 unspecified atom stereocenters. The van der Waals surface area contributed by atoms with E-state index in [1.807, 2.05) is 12.1 Å². The van der Waals surface area contributed by atoms with Gasteiger partial charge in [-0.25, -0.2) is 4.52 Å². The lowest BCUT2D eigenvalue weighted by atomic mass is 9.91. The number of halogens is 1. The topological polar surface area (TPSA) is 59.5 Å². The van der Waals surface area contributed by atoms with Crippen molar-refractivity contribution in [2.75, 3.05) is 18.0 Å². The van der Waals surface area contributed by atoms with Crippen LogP contribution in [0.3, 0.4) is 0 Å². The molecule has 1 aliphatic rings. The number of hydrogen-bond donors (Lipinski definition) is 1. The van der Waals surface area contributed by atoms with Gasteiger partial charge in [0.05, 0.1) is 5.02 Å². The minimum absolute atomic E-state index is 0.299. The highest BCUT2D eigenvalue weighted by molar-refractivity contribution is 6.30. The van der Waals surface area contributed by atoms with Crippen molar-refractivity contribution < 1.29 is 0 Å². The zero-order valence-electron chi connectivity index (χ0n) is 11.0. The number of piperidine rings is 1. The van der Waals surface area contributed by atoms with E-state index in [4.69, 9.17) is 17.3 Å². The fraction of sp³-hybridized carbons (Fsp3) is 0.538. The summed E-state index contributed by atoms with van der Waals surface area (Å²) >= 11 is 5.96. The standard InChI is InChI=1S/C13H18ClN5/c1-2-9-7-18(6-5-11(9)15)13-16-12-4-3-10(14)8-19(12)17-13/h3-4,8-9,11H,2,5-7,15H2,1H3. The maximum absolute atomic E-state index is 6.13. The third kappa shape index (κ3) is 2.40. The second-order valence-electron chi connectivity index (χ2n) is 5.13. The van der Waals surface area contributed by atoms with Gasteiger partial charge in [0.15, 0.2) is 5.65 Å². The highest BCUT2D eigenvalue weighted by Gasteiger charge is 2.27. The van der Waals surface area contributed by atoms with Crippen LogP contribution in [0.1, 0.15) is 19.8 Å². The van der Waals surface area contributed by atoms with Crippen LogP contribution in [0.2, 0.25) is 5.02 Å². The minimum Gasteiger partial charge on any atom is -0.339 e. The van der Waals surface area contributed by atoms with E-state index in [1.165, 1.54) is 0 Å². The maximum Gasteiger partial charge on any atom is 0.245 e. The average molecular weight is 280 g/mol. The number of fused-ring (bicyclic) bond motifs is 1. The van der Waals surface area contributed by atoms with Crippen LogP contribution in [0.25, 0.3) is 5.65 Å². The van der Waals surface area contributed by atoms with E-state index in [9.17, 15) is 0 Å². The highest BCUT2D eigenvalue weighted by atomic mass is 35.5. The molecule has 2 atom stereocenters. The van der Waals surface area contributed by atoms with Gasteiger partial charge in [0.25, 0.3) is 0 Å². The summed E-state index contributed by atoms with van der Waals surface area (Å²) in [4.78, 5) is 6.77.